The third-order valence-corrected chi connectivity index (χ3v) is 3.65. The van der Waals surface area contributed by atoms with Crippen LogP contribution in [0, 0.1) is 5.92 Å². The minimum absolute atomic E-state index is 0.202. The predicted octanol–water partition coefficient (Wildman–Crippen LogP) is 1.49. The first-order chi connectivity index (χ1) is 8.73. The summed E-state index contributed by atoms with van der Waals surface area (Å²) >= 11 is 0. The highest BCUT2D eigenvalue weighted by atomic mass is 16.6. The molecule has 2 atom stereocenters. The number of rotatable bonds is 1. The minimum atomic E-state index is -0.864. The monoisotopic (exact) mass is 271 g/mol. The van der Waals surface area contributed by atoms with Gasteiger partial charge in [-0.05, 0) is 33.6 Å². The molecule has 0 aliphatic carbocycles. The van der Waals surface area contributed by atoms with Gasteiger partial charge in [-0.3, -0.25) is 9.69 Å². The van der Waals surface area contributed by atoms with E-state index < -0.39 is 29.1 Å². The van der Waals surface area contributed by atoms with Gasteiger partial charge in [0.1, 0.15) is 5.60 Å². The molecule has 0 bridgehead atoms. The Morgan fingerprint density at radius 1 is 1.42 bits per heavy atom. The van der Waals surface area contributed by atoms with E-state index in [1.54, 1.807) is 25.7 Å². The molecular weight excluding hydrogens is 250 g/mol. The van der Waals surface area contributed by atoms with Gasteiger partial charge in [0.15, 0.2) is 0 Å². The molecule has 2 rings (SSSR count). The summed E-state index contributed by atoms with van der Waals surface area (Å²) in [5.74, 6) is -1.40. The molecule has 0 aromatic heterocycles. The molecule has 0 saturated carbocycles. The highest BCUT2D eigenvalue weighted by molar-refractivity contribution is 5.75. The van der Waals surface area contributed by atoms with E-state index in [0.29, 0.717) is 26.1 Å². The largest absolute Gasteiger partial charge is 0.481 e. The molecular formula is C13H21NO5. The van der Waals surface area contributed by atoms with Crippen LogP contribution in [-0.2, 0) is 14.3 Å². The van der Waals surface area contributed by atoms with E-state index in [1.165, 1.54) is 0 Å². The van der Waals surface area contributed by atoms with Crippen LogP contribution in [0.1, 0.15) is 33.6 Å². The van der Waals surface area contributed by atoms with Crippen LogP contribution in [0.3, 0.4) is 0 Å². The lowest BCUT2D eigenvalue weighted by Crippen LogP contribution is -2.49. The number of carboxylic acid groups (broad SMARTS) is 1. The zero-order valence-electron chi connectivity index (χ0n) is 11.6. The average molecular weight is 271 g/mol. The topological polar surface area (TPSA) is 76.1 Å². The molecule has 0 aromatic rings. The van der Waals surface area contributed by atoms with Crippen molar-refractivity contribution in [1.29, 1.82) is 0 Å². The number of likely N-dealkylation sites (tertiary alicyclic amines) is 1. The molecule has 2 fully saturated rings. The van der Waals surface area contributed by atoms with Crippen molar-refractivity contribution >= 4 is 12.1 Å². The first-order valence-corrected chi connectivity index (χ1v) is 6.55. The van der Waals surface area contributed by atoms with Gasteiger partial charge in [0.05, 0.1) is 18.1 Å². The molecule has 1 amide bonds. The summed E-state index contributed by atoms with van der Waals surface area (Å²) in [6.45, 7) is 6.56. The Hall–Kier alpha value is -1.30. The van der Waals surface area contributed by atoms with Gasteiger partial charge in [0.2, 0.25) is 0 Å². The summed E-state index contributed by atoms with van der Waals surface area (Å²) < 4.78 is 10.8. The van der Waals surface area contributed by atoms with E-state index in [-0.39, 0.29) is 6.54 Å². The molecule has 2 aliphatic rings. The maximum Gasteiger partial charge on any atom is 0.410 e. The number of aliphatic carboxylic acids is 1. The van der Waals surface area contributed by atoms with Crippen molar-refractivity contribution in [3.63, 3.8) is 0 Å². The summed E-state index contributed by atoms with van der Waals surface area (Å²) in [6.07, 6.45) is 0.680. The summed E-state index contributed by atoms with van der Waals surface area (Å²) in [5.41, 5.74) is -1.08. The van der Waals surface area contributed by atoms with Gasteiger partial charge in [-0.2, -0.15) is 0 Å². The number of carboxylic acids is 1. The highest BCUT2D eigenvalue weighted by Crippen LogP contribution is 2.40. The number of nitrogens with zero attached hydrogens (tertiary/aromatic N) is 1. The SMILES string of the molecule is CC(C)(C)OC(=O)N1CC(C(=O)O)CC12CCOC2. The van der Waals surface area contributed by atoms with Crippen LogP contribution in [0.25, 0.3) is 0 Å². The second-order valence-corrected chi connectivity index (χ2v) is 6.36. The number of hydrogen-bond donors (Lipinski definition) is 1. The first kappa shape index (κ1) is 14.1. The van der Waals surface area contributed by atoms with Gasteiger partial charge in [0.25, 0.3) is 0 Å². The van der Waals surface area contributed by atoms with E-state index >= 15 is 0 Å². The Bertz CT molecular complexity index is 381. The molecule has 2 saturated heterocycles. The van der Waals surface area contributed by atoms with Crippen molar-refractivity contribution in [3.05, 3.63) is 0 Å². The van der Waals surface area contributed by atoms with Gasteiger partial charge in [-0.15, -0.1) is 0 Å². The van der Waals surface area contributed by atoms with Crippen molar-refractivity contribution < 1.29 is 24.2 Å². The van der Waals surface area contributed by atoms with Crippen LogP contribution in [0.15, 0.2) is 0 Å². The van der Waals surface area contributed by atoms with Gasteiger partial charge in [-0.25, -0.2) is 4.79 Å². The highest BCUT2D eigenvalue weighted by Gasteiger charge is 2.53. The Morgan fingerprint density at radius 3 is 2.58 bits per heavy atom. The van der Waals surface area contributed by atoms with Crippen molar-refractivity contribution in [1.82, 2.24) is 4.90 Å². The number of carbonyl (C=O) groups excluding carboxylic acids is 1. The van der Waals surface area contributed by atoms with Crippen LogP contribution in [0.4, 0.5) is 4.79 Å². The second kappa shape index (κ2) is 4.67. The molecule has 19 heavy (non-hydrogen) atoms. The van der Waals surface area contributed by atoms with E-state index in [9.17, 15) is 9.59 Å². The number of carbonyl (C=O) groups is 2. The Balaban J connectivity index is 2.16. The maximum atomic E-state index is 12.2. The maximum absolute atomic E-state index is 12.2. The second-order valence-electron chi connectivity index (χ2n) is 6.36. The molecule has 2 unspecified atom stereocenters. The van der Waals surface area contributed by atoms with Gasteiger partial charge < -0.3 is 14.6 Å². The fourth-order valence-electron chi connectivity index (χ4n) is 2.77. The van der Waals surface area contributed by atoms with E-state index in [4.69, 9.17) is 14.6 Å². The van der Waals surface area contributed by atoms with E-state index in [2.05, 4.69) is 0 Å². The average Bonchev–Trinajstić information content (AvgIpc) is 2.84. The molecule has 6 heteroatoms. The van der Waals surface area contributed by atoms with Crippen LogP contribution in [0.5, 0.6) is 0 Å². The zero-order chi connectivity index (χ0) is 14.3. The van der Waals surface area contributed by atoms with Crippen LogP contribution in [0.2, 0.25) is 0 Å². The molecule has 2 aliphatic heterocycles. The van der Waals surface area contributed by atoms with E-state index in [1.807, 2.05) is 0 Å². The van der Waals surface area contributed by atoms with Gasteiger partial charge in [-0.1, -0.05) is 0 Å². The Morgan fingerprint density at radius 2 is 2.11 bits per heavy atom. The van der Waals surface area contributed by atoms with Crippen molar-refractivity contribution in [3.8, 4) is 0 Å². The third kappa shape index (κ3) is 2.83. The molecule has 2 heterocycles. The number of ether oxygens (including phenoxy) is 2. The zero-order valence-corrected chi connectivity index (χ0v) is 11.6. The van der Waals surface area contributed by atoms with Crippen molar-refractivity contribution in [2.75, 3.05) is 19.8 Å². The summed E-state index contributed by atoms with van der Waals surface area (Å²) in [6, 6.07) is 0. The van der Waals surface area contributed by atoms with Gasteiger partial charge in [0, 0.05) is 13.2 Å². The van der Waals surface area contributed by atoms with E-state index in [0.717, 1.165) is 0 Å². The van der Waals surface area contributed by atoms with Crippen LogP contribution < -0.4 is 0 Å². The third-order valence-electron chi connectivity index (χ3n) is 3.65. The summed E-state index contributed by atoms with van der Waals surface area (Å²) in [7, 11) is 0. The smallest absolute Gasteiger partial charge is 0.410 e. The lowest BCUT2D eigenvalue weighted by Gasteiger charge is -2.34. The fraction of sp³-hybridized carbons (Fsp3) is 0.846. The summed E-state index contributed by atoms with van der Waals surface area (Å²) in [4.78, 5) is 25.0. The number of amides is 1. The molecule has 0 aromatic carbocycles. The quantitative estimate of drug-likeness (QED) is 0.782. The standard InChI is InChI=1S/C13H21NO5/c1-12(2,3)19-11(17)14-7-9(10(15)16)6-13(14)4-5-18-8-13/h9H,4-8H2,1-3H3,(H,15,16). The lowest BCUT2D eigenvalue weighted by atomic mass is 9.91. The van der Waals surface area contributed by atoms with Gasteiger partial charge >= 0.3 is 12.1 Å². The van der Waals surface area contributed by atoms with Crippen molar-refractivity contribution in [2.45, 2.75) is 44.8 Å². The Kier molecular flexibility index (Phi) is 3.47. The molecule has 0 radical (unpaired) electrons. The molecule has 6 nitrogen and oxygen atoms in total. The van der Waals surface area contributed by atoms with Crippen LogP contribution >= 0.6 is 0 Å². The lowest BCUT2D eigenvalue weighted by molar-refractivity contribution is -0.141. The van der Waals surface area contributed by atoms with Crippen molar-refractivity contribution in [2.24, 2.45) is 5.92 Å². The fourth-order valence-corrected chi connectivity index (χ4v) is 2.77. The van der Waals surface area contributed by atoms with Crippen LogP contribution in [-0.4, -0.2) is 53.0 Å². The molecule has 1 spiro atoms. The first-order valence-electron chi connectivity index (χ1n) is 6.55. The minimum Gasteiger partial charge on any atom is -0.481 e. The molecule has 1 N–H and O–H groups in total. The predicted molar refractivity (Wildman–Crippen MR) is 66.8 cm³/mol. The molecule has 108 valence electrons. The number of hydrogen-bond acceptors (Lipinski definition) is 4. The summed E-state index contributed by atoms with van der Waals surface area (Å²) in [5, 5.41) is 9.17. The normalized spacial score (nSPS) is 30.9. The Labute approximate surface area is 112 Å².